The van der Waals surface area contributed by atoms with E-state index in [1.807, 2.05) is 25.1 Å². The number of fused-ring (bicyclic) bond motifs is 1. The molecule has 7 nitrogen and oxygen atoms in total. The predicted octanol–water partition coefficient (Wildman–Crippen LogP) is 3.13. The van der Waals surface area contributed by atoms with Crippen LogP contribution in [0.1, 0.15) is 30.1 Å². The van der Waals surface area contributed by atoms with Crippen LogP contribution in [0, 0.1) is 12.3 Å². The van der Waals surface area contributed by atoms with Crippen molar-refractivity contribution in [2.45, 2.75) is 26.3 Å². The Morgan fingerprint density at radius 1 is 1.16 bits per heavy atom. The number of benzene rings is 2. The second-order valence-corrected chi connectivity index (χ2v) is 7.81. The van der Waals surface area contributed by atoms with Gasteiger partial charge in [0.25, 0.3) is 5.91 Å². The maximum absolute atomic E-state index is 12.8. The first kappa shape index (κ1) is 20.6. The van der Waals surface area contributed by atoms with E-state index in [-0.39, 0.29) is 31.2 Å². The van der Waals surface area contributed by atoms with Crippen LogP contribution < -0.4 is 14.4 Å². The maximum Gasteiger partial charge on any atom is 0.279 e. The Bertz CT molecular complexity index is 1280. The number of aromatic nitrogens is 1. The summed E-state index contributed by atoms with van der Waals surface area (Å²) in [6.07, 6.45) is 5.97. The highest BCUT2D eigenvalue weighted by atomic mass is 32.1. The first-order chi connectivity index (χ1) is 15.0. The van der Waals surface area contributed by atoms with Crippen molar-refractivity contribution in [2.24, 2.45) is 4.99 Å². The maximum atomic E-state index is 12.8. The number of thiazole rings is 1. The summed E-state index contributed by atoms with van der Waals surface area (Å²) >= 11 is 1.35. The minimum atomic E-state index is -0.444. The molecule has 1 aliphatic heterocycles. The van der Waals surface area contributed by atoms with Gasteiger partial charge in [0.2, 0.25) is 11.8 Å². The summed E-state index contributed by atoms with van der Waals surface area (Å²) in [5, 5.41) is 0. The lowest BCUT2D eigenvalue weighted by Gasteiger charge is -2.13. The monoisotopic (exact) mass is 433 g/mol. The molecule has 1 fully saturated rings. The minimum absolute atomic E-state index is 0.208. The second-order valence-electron chi connectivity index (χ2n) is 6.80. The average Bonchev–Trinajstić information content (AvgIpc) is 3.28. The van der Waals surface area contributed by atoms with E-state index in [2.05, 4.69) is 10.9 Å². The Kier molecular flexibility index (Phi) is 5.69. The van der Waals surface area contributed by atoms with Crippen LogP contribution in [0.3, 0.4) is 0 Å². The molecule has 0 bridgehead atoms. The van der Waals surface area contributed by atoms with Crippen LogP contribution in [0.5, 0.6) is 5.75 Å². The molecule has 0 saturated carbocycles. The van der Waals surface area contributed by atoms with Crippen molar-refractivity contribution in [3.63, 3.8) is 0 Å². The molecule has 0 atom stereocenters. The van der Waals surface area contributed by atoms with Gasteiger partial charge in [0, 0.05) is 18.4 Å². The van der Waals surface area contributed by atoms with E-state index >= 15 is 0 Å². The summed E-state index contributed by atoms with van der Waals surface area (Å²) in [6, 6.07) is 12.0. The third-order valence-corrected chi connectivity index (χ3v) is 5.88. The van der Waals surface area contributed by atoms with E-state index in [0.717, 1.165) is 15.1 Å². The number of terminal acetylenes is 1. The standard InChI is InChI=1S/C23H19N3O4S/c1-3-14-25-21-17(30-4-2)6-5-7-18(21)31-23(25)24-22(29)15-8-10-16(11-9-15)26-19(27)12-13-20(26)28/h1,5-11H,4,12-14H2,2H3. The molecule has 156 valence electrons. The Labute approximate surface area is 182 Å². The fraction of sp³-hybridized carbons (Fsp3) is 0.217. The summed E-state index contributed by atoms with van der Waals surface area (Å²) in [5.74, 6) is 2.37. The third-order valence-electron chi connectivity index (χ3n) is 4.83. The third kappa shape index (κ3) is 3.88. The molecule has 0 spiro atoms. The average molecular weight is 433 g/mol. The van der Waals surface area contributed by atoms with E-state index in [1.54, 1.807) is 28.8 Å². The Balaban J connectivity index is 1.71. The van der Waals surface area contributed by atoms with E-state index < -0.39 is 5.91 Å². The van der Waals surface area contributed by atoms with Crippen LogP contribution in [-0.4, -0.2) is 28.9 Å². The zero-order valence-electron chi connectivity index (χ0n) is 16.8. The van der Waals surface area contributed by atoms with E-state index in [0.29, 0.717) is 28.4 Å². The zero-order chi connectivity index (χ0) is 22.0. The van der Waals surface area contributed by atoms with Crippen LogP contribution in [0.4, 0.5) is 5.69 Å². The minimum Gasteiger partial charge on any atom is -0.492 e. The number of para-hydroxylation sites is 1. The second kappa shape index (κ2) is 8.58. The number of ether oxygens (including phenoxy) is 1. The number of carbonyl (C=O) groups excluding carboxylic acids is 3. The van der Waals surface area contributed by atoms with Crippen LogP contribution in [-0.2, 0) is 16.1 Å². The molecule has 1 saturated heterocycles. The number of carbonyl (C=O) groups is 3. The first-order valence-corrected chi connectivity index (χ1v) is 10.6. The number of rotatable bonds is 5. The van der Waals surface area contributed by atoms with Crippen molar-refractivity contribution in [3.05, 3.63) is 52.8 Å². The number of hydrogen-bond acceptors (Lipinski definition) is 5. The molecule has 4 rings (SSSR count). The van der Waals surface area contributed by atoms with Crippen molar-refractivity contribution in [1.82, 2.24) is 4.57 Å². The van der Waals surface area contributed by atoms with Gasteiger partial charge < -0.3 is 9.30 Å². The van der Waals surface area contributed by atoms with Crippen molar-refractivity contribution in [1.29, 1.82) is 0 Å². The molecule has 2 aromatic carbocycles. The predicted molar refractivity (Wildman–Crippen MR) is 118 cm³/mol. The van der Waals surface area contributed by atoms with Crippen molar-refractivity contribution < 1.29 is 19.1 Å². The number of hydrogen-bond donors (Lipinski definition) is 0. The Morgan fingerprint density at radius 3 is 2.52 bits per heavy atom. The largest absolute Gasteiger partial charge is 0.492 e. The van der Waals surface area contributed by atoms with Gasteiger partial charge in [-0.1, -0.05) is 23.3 Å². The highest BCUT2D eigenvalue weighted by molar-refractivity contribution is 7.16. The lowest BCUT2D eigenvalue weighted by atomic mass is 10.2. The molecule has 0 N–H and O–H groups in total. The van der Waals surface area contributed by atoms with Gasteiger partial charge >= 0.3 is 0 Å². The molecular formula is C23H19N3O4S. The zero-order valence-corrected chi connectivity index (χ0v) is 17.6. The van der Waals surface area contributed by atoms with E-state index in [9.17, 15) is 14.4 Å². The summed E-state index contributed by atoms with van der Waals surface area (Å²) in [5.41, 5.74) is 1.60. The topological polar surface area (TPSA) is 81.0 Å². The van der Waals surface area contributed by atoms with Crippen LogP contribution in [0.25, 0.3) is 10.2 Å². The number of anilines is 1. The van der Waals surface area contributed by atoms with E-state index in [1.165, 1.54) is 11.3 Å². The molecule has 2 heterocycles. The molecule has 0 radical (unpaired) electrons. The summed E-state index contributed by atoms with van der Waals surface area (Å²) < 4.78 is 8.42. The smallest absolute Gasteiger partial charge is 0.279 e. The molecule has 0 aliphatic carbocycles. The van der Waals surface area contributed by atoms with Gasteiger partial charge in [0.05, 0.1) is 23.5 Å². The van der Waals surface area contributed by atoms with Gasteiger partial charge in [-0.3, -0.25) is 19.3 Å². The summed E-state index contributed by atoms with van der Waals surface area (Å²) in [6.45, 7) is 2.65. The molecule has 8 heteroatoms. The van der Waals surface area contributed by atoms with Gasteiger partial charge in [-0.2, -0.15) is 4.99 Å². The molecule has 3 aromatic rings. The number of amides is 3. The summed E-state index contributed by atoms with van der Waals surface area (Å²) in [4.78, 5) is 42.5. The van der Waals surface area contributed by atoms with Gasteiger partial charge in [-0.25, -0.2) is 0 Å². The molecule has 1 aliphatic rings. The fourth-order valence-corrected chi connectivity index (χ4v) is 4.51. The number of nitrogens with zero attached hydrogens (tertiary/aromatic N) is 3. The SMILES string of the molecule is C#CCn1c(=NC(=O)c2ccc(N3C(=O)CCC3=O)cc2)sc2cccc(OCC)c21. The normalized spacial score (nSPS) is 14.3. The van der Waals surface area contributed by atoms with Crippen LogP contribution in [0.2, 0.25) is 0 Å². The lowest BCUT2D eigenvalue weighted by Crippen LogP contribution is -2.28. The molecule has 0 unspecified atom stereocenters. The fourth-order valence-electron chi connectivity index (χ4n) is 3.46. The molecular weight excluding hydrogens is 414 g/mol. The van der Waals surface area contributed by atoms with Crippen LogP contribution in [0.15, 0.2) is 47.5 Å². The van der Waals surface area contributed by atoms with Crippen molar-refractivity contribution >= 4 is 45.0 Å². The summed E-state index contributed by atoms with van der Waals surface area (Å²) in [7, 11) is 0. The van der Waals surface area contributed by atoms with Gasteiger partial charge in [0.15, 0.2) is 4.80 Å². The molecule has 1 aromatic heterocycles. The van der Waals surface area contributed by atoms with Crippen LogP contribution >= 0.6 is 11.3 Å². The van der Waals surface area contributed by atoms with Crippen molar-refractivity contribution in [2.75, 3.05) is 11.5 Å². The Morgan fingerprint density at radius 2 is 1.87 bits per heavy atom. The van der Waals surface area contributed by atoms with Crippen molar-refractivity contribution in [3.8, 4) is 18.1 Å². The highest BCUT2D eigenvalue weighted by Gasteiger charge is 2.30. The first-order valence-electron chi connectivity index (χ1n) is 9.77. The van der Waals surface area contributed by atoms with Gasteiger partial charge in [-0.05, 0) is 43.3 Å². The number of imide groups is 1. The quantitative estimate of drug-likeness (QED) is 0.457. The van der Waals surface area contributed by atoms with E-state index in [4.69, 9.17) is 11.2 Å². The lowest BCUT2D eigenvalue weighted by molar-refractivity contribution is -0.121. The molecule has 3 amide bonds. The molecule has 31 heavy (non-hydrogen) atoms. The van der Waals surface area contributed by atoms with Gasteiger partial charge in [0.1, 0.15) is 11.3 Å². The Hall–Kier alpha value is -3.70. The van der Waals surface area contributed by atoms with Gasteiger partial charge in [-0.15, -0.1) is 6.42 Å². The highest BCUT2D eigenvalue weighted by Crippen LogP contribution is 2.28.